The normalized spacial score (nSPS) is 17.6. The molecule has 9 heteroatoms. The highest BCUT2D eigenvalue weighted by Crippen LogP contribution is 2.45. The molecule has 0 aliphatic carbocycles. The van der Waals surface area contributed by atoms with Crippen LogP contribution in [-0.2, 0) is 20.9 Å². The van der Waals surface area contributed by atoms with E-state index in [9.17, 15) is 9.59 Å². The van der Waals surface area contributed by atoms with Crippen LogP contribution in [0.5, 0.6) is 0 Å². The smallest absolute Gasteiger partial charge is 0.338 e. The minimum absolute atomic E-state index is 0.127. The molecule has 1 N–H and O–H groups in total. The molecular weight excluding hydrogens is 462 g/mol. The summed E-state index contributed by atoms with van der Waals surface area (Å²) in [7, 11) is 0. The van der Waals surface area contributed by atoms with Crippen molar-refractivity contribution in [3.05, 3.63) is 81.4 Å². The molecule has 0 radical (unpaired) electrons. The van der Waals surface area contributed by atoms with Crippen LogP contribution < -0.4 is 5.32 Å². The third kappa shape index (κ3) is 5.17. The van der Waals surface area contributed by atoms with Crippen molar-refractivity contribution in [2.45, 2.75) is 45.9 Å². The van der Waals surface area contributed by atoms with Crippen molar-refractivity contribution < 1.29 is 18.7 Å². The van der Waals surface area contributed by atoms with Crippen molar-refractivity contribution in [3.63, 3.8) is 0 Å². The number of halogens is 1. The summed E-state index contributed by atoms with van der Waals surface area (Å²) in [5, 5.41) is 6.08. The van der Waals surface area contributed by atoms with Gasteiger partial charge in [-0.2, -0.15) is 0 Å². The molecule has 0 saturated heterocycles. The Morgan fingerprint density at radius 2 is 2.03 bits per heavy atom. The number of hydrogen-bond donors (Lipinski definition) is 1. The monoisotopic (exact) mass is 485 g/mol. The molecule has 4 rings (SSSR count). The number of carbonyl (C=O) groups excluding carboxylic acids is 2. The van der Waals surface area contributed by atoms with Gasteiger partial charge in [0.15, 0.2) is 5.17 Å². The summed E-state index contributed by atoms with van der Waals surface area (Å²) >= 11 is 7.54. The first-order valence-corrected chi connectivity index (χ1v) is 11.8. The minimum Gasteiger partial charge on any atom is -0.467 e. The van der Waals surface area contributed by atoms with Gasteiger partial charge in [-0.25, -0.2) is 9.79 Å². The highest BCUT2D eigenvalue weighted by atomic mass is 35.5. The van der Waals surface area contributed by atoms with Crippen LogP contribution in [0.1, 0.15) is 44.6 Å². The number of allylic oxidation sites excluding steroid dienone is 1. The van der Waals surface area contributed by atoms with Crippen LogP contribution >= 0.6 is 23.4 Å². The number of amides is 1. The first-order valence-electron chi connectivity index (χ1n) is 10.5. The van der Waals surface area contributed by atoms with Gasteiger partial charge in [0.2, 0.25) is 5.91 Å². The van der Waals surface area contributed by atoms with Crippen molar-refractivity contribution in [2.75, 3.05) is 0 Å². The second kappa shape index (κ2) is 9.89. The van der Waals surface area contributed by atoms with E-state index >= 15 is 0 Å². The van der Waals surface area contributed by atoms with E-state index in [-0.39, 0.29) is 18.4 Å². The summed E-state index contributed by atoms with van der Waals surface area (Å²) in [6, 6.07) is 10.4. The second-order valence-electron chi connectivity index (χ2n) is 7.93. The summed E-state index contributed by atoms with van der Waals surface area (Å²) < 4.78 is 10.8. The molecule has 0 fully saturated rings. The fourth-order valence-corrected chi connectivity index (χ4v) is 4.78. The Labute approximate surface area is 201 Å². The van der Waals surface area contributed by atoms with E-state index in [4.69, 9.17) is 20.8 Å². The fourth-order valence-electron chi connectivity index (χ4n) is 3.69. The van der Waals surface area contributed by atoms with Crippen LogP contribution in [0.3, 0.4) is 0 Å². The highest BCUT2D eigenvalue weighted by molar-refractivity contribution is 8.16. The molecule has 0 spiro atoms. The summed E-state index contributed by atoms with van der Waals surface area (Å²) in [4.78, 5) is 32.4. The number of nitrogens with zero attached hydrogens (tertiary/aromatic N) is 2. The summed E-state index contributed by atoms with van der Waals surface area (Å²) in [5.41, 5.74) is 2.64. The average Bonchev–Trinajstić information content (AvgIpc) is 3.41. The van der Waals surface area contributed by atoms with Crippen molar-refractivity contribution in [1.82, 2.24) is 10.2 Å². The largest absolute Gasteiger partial charge is 0.467 e. The first-order chi connectivity index (χ1) is 15.8. The molecule has 1 atom stereocenters. The lowest BCUT2D eigenvalue weighted by Crippen LogP contribution is -2.38. The van der Waals surface area contributed by atoms with Crippen LogP contribution in [0, 0.1) is 0 Å². The predicted molar refractivity (Wildman–Crippen MR) is 128 cm³/mol. The fraction of sp³-hybridized carbons (Fsp3) is 0.292. The number of ether oxygens (including phenoxy) is 1. The van der Waals surface area contributed by atoms with Crippen LogP contribution in [-0.4, -0.2) is 28.0 Å². The standard InChI is InChI=1S/C24H24ClN3O4S/c1-14(2)32-23(30)21-15(3)27-24-28(22(21)16-6-8-17(25)9-7-16)18(13-33-24)11-20(29)26-12-19-5-4-10-31-19/h4-10,13-14,22H,11-12H2,1-3H3,(H,26,29). The number of carbonyl (C=O) groups is 2. The molecule has 0 bridgehead atoms. The maximum Gasteiger partial charge on any atom is 0.338 e. The van der Waals surface area contributed by atoms with E-state index < -0.39 is 12.0 Å². The molecule has 172 valence electrons. The van der Waals surface area contributed by atoms with Gasteiger partial charge in [-0.1, -0.05) is 35.5 Å². The van der Waals surface area contributed by atoms with E-state index in [2.05, 4.69) is 10.3 Å². The van der Waals surface area contributed by atoms with E-state index in [0.29, 0.717) is 33.8 Å². The predicted octanol–water partition coefficient (Wildman–Crippen LogP) is 5.17. The third-order valence-electron chi connectivity index (χ3n) is 5.13. The molecule has 2 aliphatic heterocycles. The minimum atomic E-state index is -0.486. The number of amidine groups is 1. The Kier molecular flexibility index (Phi) is 6.95. The Hall–Kier alpha value is -2.97. The summed E-state index contributed by atoms with van der Waals surface area (Å²) in [6.45, 7) is 5.73. The van der Waals surface area contributed by atoms with Gasteiger partial charge in [-0.05, 0) is 56.0 Å². The van der Waals surface area contributed by atoms with E-state index in [1.807, 2.05) is 36.3 Å². The molecule has 2 aromatic rings. The quantitative estimate of drug-likeness (QED) is 0.545. The molecule has 1 amide bonds. The Balaban J connectivity index is 1.63. The lowest BCUT2D eigenvalue weighted by Gasteiger charge is -2.36. The Bertz CT molecular complexity index is 1140. The zero-order valence-corrected chi connectivity index (χ0v) is 20.1. The molecule has 33 heavy (non-hydrogen) atoms. The average molecular weight is 486 g/mol. The molecule has 3 heterocycles. The first kappa shape index (κ1) is 23.2. The lowest BCUT2D eigenvalue weighted by atomic mass is 9.94. The van der Waals surface area contributed by atoms with Crippen LogP contribution in [0.4, 0.5) is 0 Å². The molecular formula is C24H24ClN3O4S. The van der Waals surface area contributed by atoms with Crippen molar-refractivity contribution in [3.8, 4) is 0 Å². The van der Waals surface area contributed by atoms with Gasteiger partial charge in [0.05, 0.1) is 42.6 Å². The number of benzene rings is 1. The zero-order chi connectivity index (χ0) is 23.5. The third-order valence-corrected chi connectivity index (χ3v) is 6.27. The second-order valence-corrected chi connectivity index (χ2v) is 9.20. The molecule has 2 aliphatic rings. The van der Waals surface area contributed by atoms with Gasteiger partial charge in [-0.3, -0.25) is 4.79 Å². The number of nitrogens with one attached hydrogen (secondary N) is 1. The maximum atomic E-state index is 13.1. The van der Waals surface area contributed by atoms with Gasteiger partial charge in [0.1, 0.15) is 5.76 Å². The van der Waals surface area contributed by atoms with E-state index in [1.54, 1.807) is 37.5 Å². The number of esters is 1. The highest BCUT2D eigenvalue weighted by Gasteiger charge is 2.41. The van der Waals surface area contributed by atoms with E-state index in [0.717, 1.165) is 11.3 Å². The number of thioether (sulfide) groups is 1. The zero-order valence-electron chi connectivity index (χ0n) is 18.5. The Morgan fingerprint density at radius 3 is 2.70 bits per heavy atom. The summed E-state index contributed by atoms with van der Waals surface area (Å²) in [5.74, 6) is 0.0883. The van der Waals surface area contributed by atoms with Crippen molar-refractivity contribution in [2.24, 2.45) is 4.99 Å². The topological polar surface area (TPSA) is 84.1 Å². The number of fused-ring (bicyclic) bond motifs is 1. The molecule has 0 saturated carbocycles. The lowest BCUT2D eigenvalue weighted by molar-refractivity contribution is -0.143. The van der Waals surface area contributed by atoms with Gasteiger partial charge < -0.3 is 19.4 Å². The SMILES string of the molecule is CC1=C(C(=O)OC(C)C)C(c2ccc(Cl)cc2)N2C(CC(=O)NCc3ccco3)=CSC2=N1. The van der Waals surface area contributed by atoms with Gasteiger partial charge in [0.25, 0.3) is 0 Å². The number of hydrogen-bond acceptors (Lipinski definition) is 7. The van der Waals surface area contributed by atoms with Crippen molar-refractivity contribution in [1.29, 1.82) is 0 Å². The maximum absolute atomic E-state index is 13.1. The van der Waals surface area contributed by atoms with Gasteiger partial charge in [0, 0.05) is 10.7 Å². The van der Waals surface area contributed by atoms with Gasteiger partial charge >= 0.3 is 5.97 Å². The van der Waals surface area contributed by atoms with Crippen molar-refractivity contribution >= 4 is 40.4 Å². The molecule has 1 aromatic carbocycles. The van der Waals surface area contributed by atoms with Gasteiger partial charge in [-0.15, -0.1) is 0 Å². The summed E-state index contributed by atoms with van der Waals surface area (Å²) in [6.07, 6.45) is 1.42. The van der Waals surface area contributed by atoms with Crippen LogP contribution in [0.2, 0.25) is 5.02 Å². The molecule has 1 unspecified atom stereocenters. The van der Waals surface area contributed by atoms with E-state index in [1.165, 1.54) is 11.8 Å². The number of rotatable bonds is 7. The number of aliphatic imine (C=N–C) groups is 1. The Morgan fingerprint density at radius 1 is 1.27 bits per heavy atom. The van der Waals surface area contributed by atoms with Crippen LogP contribution in [0.25, 0.3) is 0 Å². The number of furan rings is 1. The molecule has 7 nitrogen and oxygen atoms in total. The molecule has 1 aromatic heterocycles. The van der Waals surface area contributed by atoms with Crippen LogP contribution in [0.15, 0.2) is 74.4 Å².